The first-order chi connectivity index (χ1) is 9.28. The van der Waals surface area contributed by atoms with Crippen LogP contribution in [0.5, 0.6) is 5.75 Å². The second kappa shape index (κ2) is 5.49. The van der Waals surface area contributed by atoms with E-state index >= 15 is 0 Å². The van der Waals surface area contributed by atoms with E-state index in [0.29, 0.717) is 0 Å². The van der Waals surface area contributed by atoms with Crippen LogP contribution in [0, 0.1) is 0 Å². The second-order valence-electron chi connectivity index (χ2n) is 4.60. The average Bonchev–Trinajstić information content (AvgIpc) is 3.05. The van der Waals surface area contributed by atoms with Crippen LogP contribution in [0.25, 0.3) is 0 Å². The van der Waals surface area contributed by atoms with Crippen LogP contribution in [0.1, 0.15) is 22.0 Å². The predicted octanol–water partition coefficient (Wildman–Crippen LogP) is 3.23. The van der Waals surface area contributed by atoms with Gasteiger partial charge in [0.2, 0.25) is 0 Å². The molecule has 0 radical (unpaired) electrons. The Hall–Kier alpha value is -1.10. The van der Waals surface area contributed by atoms with Crippen LogP contribution >= 0.6 is 22.9 Å². The maximum atomic E-state index is 6.19. The number of fused-ring (bicyclic) bond motifs is 1. The van der Waals surface area contributed by atoms with E-state index in [9.17, 15) is 0 Å². The molecule has 1 aliphatic heterocycles. The third-order valence-corrected chi connectivity index (χ3v) is 4.50. The molecule has 1 aromatic heterocycles. The summed E-state index contributed by atoms with van der Waals surface area (Å²) in [7, 11) is 1.97. The first kappa shape index (κ1) is 12.9. The number of likely N-dealkylation sites (N-methyl/N-ethyl adjacent to an activating group) is 1. The van der Waals surface area contributed by atoms with Gasteiger partial charge in [-0.15, -0.1) is 11.3 Å². The van der Waals surface area contributed by atoms with Gasteiger partial charge in [-0.1, -0.05) is 11.6 Å². The van der Waals surface area contributed by atoms with Gasteiger partial charge in [0.15, 0.2) is 0 Å². The van der Waals surface area contributed by atoms with E-state index in [4.69, 9.17) is 16.3 Å². The molecular weight excluding hydrogens is 280 g/mol. The van der Waals surface area contributed by atoms with Gasteiger partial charge < -0.3 is 10.1 Å². The number of benzene rings is 1. The monoisotopic (exact) mass is 294 g/mol. The Morgan fingerprint density at radius 3 is 3.16 bits per heavy atom. The van der Waals surface area contributed by atoms with Crippen molar-refractivity contribution < 1.29 is 4.74 Å². The fourth-order valence-electron chi connectivity index (χ4n) is 2.46. The molecular formula is C14H15ClN2OS. The Balaban J connectivity index is 1.90. The normalized spacial score (nSPS) is 15.1. The molecule has 1 aromatic carbocycles. The van der Waals surface area contributed by atoms with E-state index in [1.807, 2.05) is 30.9 Å². The van der Waals surface area contributed by atoms with Crippen LogP contribution in [0.15, 0.2) is 23.8 Å². The van der Waals surface area contributed by atoms with Gasteiger partial charge in [-0.25, -0.2) is 0 Å². The molecule has 3 nitrogen and oxygen atoms in total. The van der Waals surface area contributed by atoms with Gasteiger partial charge in [0.05, 0.1) is 12.1 Å². The minimum Gasteiger partial charge on any atom is -0.493 e. The molecule has 0 saturated heterocycles. The highest BCUT2D eigenvalue weighted by atomic mass is 35.5. The number of hydrogen-bond acceptors (Lipinski definition) is 4. The van der Waals surface area contributed by atoms with Crippen LogP contribution in [0.4, 0.5) is 0 Å². The van der Waals surface area contributed by atoms with Crippen LogP contribution in [-0.2, 0) is 12.8 Å². The summed E-state index contributed by atoms with van der Waals surface area (Å²) in [5.74, 6) is 1.02. The van der Waals surface area contributed by atoms with Crippen molar-refractivity contribution in [1.82, 2.24) is 10.3 Å². The number of halogens is 1. The van der Waals surface area contributed by atoms with E-state index in [0.717, 1.165) is 30.2 Å². The zero-order chi connectivity index (χ0) is 13.2. The molecule has 0 fully saturated rings. The minimum atomic E-state index is 0.249. The highest BCUT2D eigenvalue weighted by molar-refractivity contribution is 7.09. The number of aromatic nitrogens is 1. The molecule has 1 N–H and O–H groups in total. The van der Waals surface area contributed by atoms with Gasteiger partial charge in [0.25, 0.3) is 0 Å². The first-order valence-corrected chi connectivity index (χ1v) is 7.53. The summed E-state index contributed by atoms with van der Waals surface area (Å²) in [5, 5.41) is 4.13. The highest BCUT2D eigenvalue weighted by Crippen LogP contribution is 2.35. The minimum absolute atomic E-state index is 0.249. The molecule has 2 heterocycles. The molecule has 3 rings (SSSR count). The standard InChI is InChI=1S/C14H15ClN2OS/c1-16-12(13-7-17-8-19-13)6-10-5-11(15)4-9-2-3-18-14(9)10/h4-5,7-8,12,16H,2-3,6H2,1H3. The molecule has 100 valence electrons. The summed E-state index contributed by atoms with van der Waals surface area (Å²) in [6.07, 6.45) is 3.73. The lowest BCUT2D eigenvalue weighted by atomic mass is 10.0. The SMILES string of the molecule is CNC(Cc1cc(Cl)cc2c1OCC2)c1cncs1. The fraction of sp³-hybridized carbons (Fsp3) is 0.357. The highest BCUT2D eigenvalue weighted by Gasteiger charge is 2.21. The van der Waals surface area contributed by atoms with Crippen molar-refractivity contribution in [2.45, 2.75) is 18.9 Å². The zero-order valence-electron chi connectivity index (χ0n) is 10.6. The van der Waals surface area contributed by atoms with Crippen molar-refractivity contribution in [1.29, 1.82) is 0 Å². The van der Waals surface area contributed by atoms with Crippen molar-refractivity contribution in [2.75, 3.05) is 13.7 Å². The molecule has 1 unspecified atom stereocenters. The van der Waals surface area contributed by atoms with Crippen molar-refractivity contribution in [3.63, 3.8) is 0 Å². The number of rotatable bonds is 4. The van der Waals surface area contributed by atoms with Gasteiger partial charge in [-0.2, -0.15) is 0 Å². The van der Waals surface area contributed by atoms with E-state index in [1.165, 1.54) is 16.0 Å². The Kier molecular flexibility index (Phi) is 3.73. The first-order valence-electron chi connectivity index (χ1n) is 6.27. The molecule has 0 aliphatic carbocycles. The predicted molar refractivity (Wildman–Crippen MR) is 78.3 cm³/mol. The lowest BCUT2D eigenvalue weighted by Gasteiger charge is -2.16. The maximum absolute atomic E-state index is 6.19. The van der Waals surface area contributed by atoms with Gasteiger partial charge >= 0.3 is 0 Å². The van der Waals surface area contributed by atoms with Gasteiger partial charge in [-0.05, 0) is 36.7 Å². The van der Waals surface area contributed by atoms with Crippen LogP contribution in [-0.4, -0.2) is 18.6 Å². The molecule has 1 aliphatic rings. The number of hydrogen-bond donors (Lipinski definition) is 1. The maximum Gasteiger partial charge on any atom is 0.125 e. The van der Waals surface area contributed by atoms with E-state index < -0.39 is 0 Å². The Bertz CT molecular complexity index is 571. The zero-order valence-corrected chi connectivity index (χ0v) is 12.2. The summed E-state index contributed by atoms with van der Waals surface area (Å²) in [6.45, 7) is 0.757. The Labute approximate surface area is 121 Å². The lowest BCUT2D eigenvalue weighted by molar-refractivity contribution is 0.352. The summed E-state index contributed by atoms with van der Waals surface area (Å²) in [4.78, 5) is 5.37. The average molecular weight is 295 g/mol. The van der Waals surface area contributed by atoms with Crippen LogP contribution in [0.3, 0.4) is 0 Å². The molecule has 0 spiro atoms. The Morgan fingerprint density at radius 2 is 2.42 bits per heavy atom. The number of nitrogens with one attached hydrogen (secondary N) is 1. The van der Waals surface area contributed by atoms with Gasteiger partial charge in [0.1, 0.15) is 5.75 Å². The fourth-order valence-corrected chi connectivity index (χ4v) is 3.45. The lowest BCUT2D eigenvalue weighted by Crippen LogP contribution is -2.18. The van der Waals surface area contributed by atoms with E-state index in [1.54, 1.807) is 11.3 Å². The van der Waals surface area contributed by atoms with Crippen molar-refractivity contribution in [2.24, 2.45) is 0 Å². The van der Waals surface area contributed by atoms with Gasteiger partial charge in [-0.3, -0.25) is 4.98 Å². The van der Waals surface area contributed by atoms with Crippen molar-refractivity contribution >= 4 is 22.9 Å². The van der Waals surface area contributed by atoms with Crippen LogP contribution in [0.2, 0.25) is 5.02 Å². The third-order valence-electron chi connectivity index (χ3n) is 3.39. The molecule has 2 aromatic rings. The van der Waals surface area contributed by atoms with Crippen LogP contribution < -0.4 is 10.1 Å². The molecule has 0 saturated carbocycles. The molecule has 1 atom stereocenters. The number of ether oxygens (including phenoxy) is 1. The molecule has 19 heavy (non-hydrogen) atoms. The molecule has 5 heteroatoms. The molecule has 0 amide bonds. The summed E-state index contributed by atoms with van der Waals surface area (Å²) in [5.41, 5.74) is 4.26. The summed E-state index contributed by atoms with van der Waals surface area (Å²) < 4.78 is 5.75. The molecule has 0 bridgehead atoms. The van der Waals surface area contributed by atoms with Crippen molar-refractivity contribution in [3.05, 3.63) is 44.9 Å². The summed E-state index contributed by atoms with van der Waals surface area (Å²) >= 11 is 7.86. The third kappa shape index (κ3) is 2.61. The smallest absolute Gasteiger partial charge is 0.125 e. The van der Waals surface area contributed by atoms with Gasteiger partial charge in [0, 0.05) is 28.6 Å². The van der Waals surface area contributed by atoms with E-state index in [2.05, 4.69) is 10.3 Å². The number of thiazole rings is 1. The van der Waals surface area contributed by atoms with E-state index in [-0.39, 0.29) is 6.04 Å². The summed E-state index contributed by atoms with van der Waals surface area (Å²) in [6, 6.07) is 4.27. The second-order valence-corrected chi connectivity index (χ2v) is 5.96. The topological polar surface area (TPSA) is 34.1 Å². The quantitative estimate of drug-likeness (QED) is 0.940. The van der Waals surface area contributed by atoms with Crippen molar-refractivity contribution in [3.8, 4) is 5.75 Å². The number of nitrogens with zero attached hydrogens (tertiary/aromatic N) is 1. The largest absolute Gasteiger partial charge is 0.493 e. The Morgan fingerprint density at radius 1 is 1.53 bits per heavy atom.